The van der Waals surface area contributed by atoms with Crippen molar-refractivity contribution in [2.75, 3.05) is 26.2 Å². The molecule has 0 amide bonds. The molecule has 0 aliphatic carbocycles. The molecule has 1 fully saturated rings. The largest absolute Gasteiger partial charge is 0.488 e. The highest BCUT2D eigenvalue weighted by atomic mass is 19.1. The summed E-state index contributed by atoms with van der Waals surface area (Å²) in [6.07, 6.45) is -0.500. The third kappa shape index (κ3) is 4.91. The number of aliphatic hydroxyl groups is 1. The second kappa shape index (κ2) is 7.15. The fourth-order valence-corrected chi connectivity index (χ4v) is 2.56. The zero-order valence-electron chi connectivity index (χ0n) is 12.3. The van der Waals surface area contributed by atoms with Crippen LogP contribution in [0.5, 0.6) is 5.75 Å². The van der Waals surface area contributed by atoms with Gasteiger partial charge in [0.1, 0.15) is 18.5 Å². The third-order valence-electron chi connectivity index (χ3n) is 3.29. The summed E-state index contributed by atoms with van der Waals surface area (Å²) in [5, 5.41) is 9.98. The van der Waals surface area contributed by atoms with Crippen LogP contribution in [-0.4, -0.2) is 54.6 Å². The van der Waals surface area contributed by atoms with E-state index in [0.29, 0.717) is 6.54 Å². The van der Waals surface area contributed by atoms with Gasteiger partial charge in [-0.1, -0.05) is 0 Å². The molecule has 1 aliphatic rings. The van der Waals surface area contributed by atoms with E-state index in [9.17, 15) is 13.9 Å². The van der Waals surface area contributed by atoms with Gasteiger partial charge in [0.2, 0.25) is 0 Å². The molecule has 21 heavy (non-hydrogen) atoms. The summed E-state index contributed by atoms with van der Waals surface area (Å²) in [5.41, 5.74) is 0. The Morgan fingerprint density at radius 2 is 2.00 bits per heavy atom. The Hall–Kier alpha value is -1.24. The summed E-state index contributed by atoms with van der Waals surface area (Å²) in [5.74, 6) is -1.48. The maximum Gasteiger partial charge on any atom is 0.167 e. The van der Waals surface area contributed by atoms with Crippen molar-refractivity contribution in [2.24, 2.45) is 0 Å². The molecule has 1 aromatic rings. The molecule has 118 valence electrons. The number of halogens is 2. The lowest BCUT2D eigenvalue weighted by atomic mass is 10.2. The van der Waals surface area contributed by atoms with Crippen molar-refractivity contribution >= 4 is 0 Å². The van der Waals surface area contributed by atoms with E-state index in [2.05, 4.69) is 4.90 Å². The monoisotopic (exact) mass is 301 g/mol. The Morgan fingerprint density at radius 1 is 1.33 bits per heavy atom. The Morgan fingerprint density at radius 3 is 2.62 bits per heavy atom. The number of ether oxygens (including phenoxy) is 2. The molecular weight excluding hydrogens is 280 g/mol. The van der Waals surface area contributed by atoms with E-state index in [1.165, 1.54) is 6.07 Å². The third-order valence-corrected chi connectivity index (χ3v) is 3.29. The Balaban J connectivity index is 1.80. The normalized spacial score (nSPS) is 24.8. The van der Waals surface area contributed by atoms with E-state index in [1.807, 2.05) is 13.8 Å². The molecule has 0 aromatic heterocycles. The van der Waals surface area contributed by atoms with Crippen molar-refractivity contribution in [1.29, 1.82) is 0 Å². The lowest BCUT2D eigenvalue weighted by molar-refractivity contribution is -0.0787. The van der Waals surface area contributed by atoms with Gasteiger partial charge in [-0.2, -0.15) is 0 Å². The van der Waals surface area contributed by atoms with Crippen molar-refractivity contribution < 1.29 is 23.4 Å². The molecule has 3 atom stereocenters. The van der Waals surface area contributed by atoms with E-state index in [4.69, 9.17) is 9.47 Å². The summed E-state index contributed by atoms with van der Waals surface area (Å²) in [4.78, 5) is 2.09. The van der Waals surface area contributed by atoms with Gasteiger partial charge >= 0.3 is 0 Å². The molecular formula is C15H21F2NO3. The Labute approximate surface area is 123 Å². The molecule has 6 heteroatoms. The van der Waals surface area contributed by atoms with Gasteiger partial charge in [-0.25, -0.2) is 8.78 Å². The summed E-state index contributed by atoms with van der Waals surface area (Å²) in [6, 6.07) is 3.10. The predicted molar refractivity (Wildman–Crippen MR) is 74.3 cm³/mol. The van der Waals surface area contributed by atoms with Crippen LogP contribution in [0.25, 0.3) is 0 Å². The molecule has 4 nitrogen and oxygen atoms in total. The second-order valence-corrected chi connectivity index (χ2v) is 5.52. The maximum absolute atomic E-state index is 13.4. The van der Waals surface area contributed by atoms with E-state index in [-0.39, 0.29) is 24.6 Å². The first-order chi connectivity index (χ1) is 9.94. The summed E-state index contributed by atoms with van der Waals surface area (Å²) in [7, 11) is 0. The van der Waals surface area contributed by atoms with Crippen LogP contribution < -0.4 is 4.74 Å². The number of hydrogen-bond acceptors (Lipinski definition) is 4. The van der Waals surface area contributed by atoms with Crippen molar-refractivity contribution in [3.63, 3.8) is 0 Å². The van der Waals surface area contributed by atoms with Gasteiger partial charge in [0.15, 0.2) is 11.6 Å². The SMILES string of the molecule is CC1CN(CC(O)COc2ccc(F)cc2F)CC(C)O1. The van der Waals surface area contributed by atoms with Crippen LogP contribution in [0.15, 0.2) is 18.2 Å². The Kier molecular flexibility index (Phi) is 5.50. The van der Waals surface area contributed by atoms with Crippen LogP contribution in [0, 0.1) is 11.6 Å². The van der Waals surface area contributed by atoms with Gasteiger partial charge in [0, 0.05) is 25.7 Å². The molecule has 1 heterocycles. The first kappa shape index (κ1) is 16.1. The molecule has 1 aromatic carbocycles. The van der Waals surface area contributed by atoms with E-state index in [1.54, 1.807) is 0 Å². The molecule has 1 N–H and O–H groups in total. The van der Waals surface area contributed by atoms with Crippen molar-refractivity contribution in [1.82, 2.24) is 4.90 Å². The summed E-state index contributed by atoms with van der Waals surface area (Å²) < 4.78 is 37.0. The highest BCUT2D eigenvalue weighted by Gasteiger charge is 2.24. The second-order valence-electron chi connectivity index (χ2n) is 5.52. The van der Waals surface area contributed by atoms with Crippen LogP contribution in [0.4, 0.5) is 8.78 Å². The van der Waals surface area contributed by atoms with Crippen molar-refractivity contribution in [3.05, 3.63) is 29.8 Å². The predicted octanol–water partition coefficient (Wildman–Crippen LogP) is 1.81. The van der Waals surface area contributed by atoms with Gasteiger partial charge in [-0.3, -0.25) is 4.90 Å². The fraction of sp³-hybridized carbons (Fsp3) is 0.600. The maximum atomic E-state index is 13.4. The smallest absolute Gasteiger partial charge is 0.167 e. The van der Waals surface area contributed by atoms with Crippen LogP contribution >= 0.6 is 0 Å². The zero-order valence-corrected chi connectivity index (χ0v) is 12.3. The molecule has 0 radical (unpaired) electrons. The van der Waals surface area contributed by atoms with Gasteiger partial charge in [-0.05, 0) is 26.0 Å². The minimum atomic E-state index is -0.768. The first-order valence-corrected chi connectivity index (χ1v) is 7.07. The molecule has 2 rings (SSSR count). The van der Waals surface area contributed by atoms with Crippen molar-refractivity contribution in [2.45, 2.75) is 32.2 Å². The average molecular weight is 301 g/mol. The molecule has 0 bridgehead atoms. The van der Waals surface area contributed by atoms with Crippen molar-refractivity contribution in [3.8, 4) is 5.75 Å². The lowest BCUT2D eigenvalue weighted by Gasteiger charge is -2.36. The van der Waals surface area contributed by atoms with E-state index < -0.39 is 17.7 Å². The van der Waals surface area contributed by atoms with Crippen LogP contribution in [0.1, 0.15) is 13.8 Å². The number of β-amino-alcohol motifs (C(OH)–C–C–N with tert-alkyl or cyclic N) is 1. The molecule has 0 saturated carbocycles. The number of aliphatic hydroxyl groups excluding tert-OH is 1. The van der Waals surface area contributed by atoms with Gasteiger partial charge in [-0.15, -0.1) is 0 Å². The molecule has 1 saturated heterocycles. The number of morpholine rings is 1. The highest BCUT2D eigenvalue weighted by molar-refractivity contribution is 5.24. The number of rotatable bonds is 5. The summed E-state index contributed by atoms with van der Waals surface area (Å²) in [6.45, 7) is 5.85. The van der Waals surface area contributed by atoms with Gasteiger partial charge in [0.25, 0.3) is 0 Å². The quantitative estimate of drug-likeness (QED) is 0.901. The molecule has 0 spiro atoms. The number of benzene rings is 1. The number of nitrogens with zero attached hydrogens (tertiary/aromatic N) is 1. The fourth-order valence-electron chi connectivity index (χ4n) is 2.56. The minimum Gasteiger partial charge on any atom is -0.488 e. The lowest BCUT2D eigenvalue weighted by Crippen LogP contribution is -2.48. The van der Waals surface area contributed by atoms with Crippen LogP contribution in [0.2, 0.25) is 0 Å². The van der Waals surface area contributed by atoms with Crippen LogP contribution in [0.3, 0.4) is 0 Å². The number of hydrogen-bond donors (Lipinski definition) is 1. The Bertz CT molecular complexity index is 462. The van der Waals surface area contributed by atoms with E-state index in [0.717, 1.165) is 25.2 Å². The van der Waals surface area contributed by atoms with Gasteiger partial charge < -0.3 is 14.6 Å². The molecule has 3 unspecified atom stereocenters. The average Bonchev–Trinajstić information content (AvgIpc) is 2.36. The van der Waals surface area contributed by atoms with E-state index >= 15 is 0 Å². The topological polar surface area (TPSA) is 41.9 Å². The first-order valence-electron chi connectivity index (χ1n) is 7.07. The zero-order chi connectivity index (χ0) is 15.4. The van der Waals surface area contributed by atoms with Crippen LogP contribution in [-0.2, 0) is 4.74 Å². The standard InChI is InChI=1S/C15H21F2NO3/c1-10-6-18(7-11(2)21-10)8-13(19)9-20-15-4-3-12(16)5-14(15)17/h3-5,10-11,13,19H,6-9H2,1-2H3. The van der Waals surface area contributed by atoms with Gasteiger partial charge in [0.05, 0.1) is 12.2 Å². The summed E-state index contributed by atoms with van der Waals surface area (Å²) >= 11 is 0. The minimum absolute atomic E-state index is 0.0390. The molecule has 1 aliphatic heterocycles. The highest BCUT2D eigenvalue weighted by Crippen LogP contribution is 2.18.